The lowest BCUT2D eigenvalue weighted by atomic mass is 9.78. The minimum atomic E-state index is -0.471. The summed E-state index contributed by atoms with van der Waals surface area (Å²) in [7, 11) is 0. The van der Waals surface area contributed by atoms with E-state index in [9.17, 15) is 0 Å². The van der Waals surface area contributed by atoms with E-state index in [4.69, 9.17) is 33.4 Å². The molecule has 1 aliphatic carbocycles. The second kappa shape index (κ2) is 4.65. The van der Waals surface area contributed by atoms with Crippen LogP contribution in [0.25, 0.3) is 11.1 Å². The van der Waals surface area contributed by atoms with E-state index in [1.54, 1.807) is 12.1 Å². The Morgan fingerprint density at radius 1 is 1.32 bits per heavy atom. The number of rotatable bonds is 1. The molecule has 5 heteroatoms. The Balaban J connectivity index is 2.04. The van der Waals surface area contributed by atoms with Gasteiger partial charge in [0.2, 0.25) is 5.89 Å². The molecule has 3 nitrogen and oxygen atoms in total. The van der Waals surface area contributed by atoms with Crippen LogP contribution in [0.1, 0.15) is 38.5 Å². The number of aromatic nitrogens is 1. The fraction of sp³-hybridized carbons (Fsp3) is 0.500. The summed E-state index contributed by atoms with van der Waals surface area (Å²) in [5.74, 6) is 1.30. The van der Waals surface area contributed by atoms with Gasteiger partial charge in [-0.2, -0.15) is 0 Å². The Bertz CT molecular complexity index is 615. The van der Waals surface area contributed by atoms with Gasteiger partial charge in [0.05, 0.1) is 10.6 Å². The van der Waals surface area contributed by atoms with E-state index >= 15 is 0 Å². The summed E-state index contributed by atoms with van der Waals surface area (Å²) >= 11 is 12.1. The van der Waals surface area contributed by atoms with Crippen molar-refractivity contribution in [3.63, 3.8) is 0 Å². The Morgan fingerprint density at radius 2 is 2.00 bits per heavy atom. The molecule has 1 fully saturated rings. The van der Waals surface area contributed by atoms with Gasteiger partial charge in [-0.3, -0.25) is 0 Å². The average Bonchev–Trinajstić information content (AvgIpc) is 2.78. The molecule has 0 atom stereocenters. The second-order valence-electron chi connectivity index (χ2n) is 5.59. The van der Waals surface area contributed by atoms with Gasteiger partial charge < -0.3 is 10.2 Å². The second-order valence-corrected chi connectivity index (χ2v) is 6.44. The number of oxazole rings is 1. The fourth-order valence-corrected chi connectivity index (χ4v) is 3.19. The van der Waals surface area contributed by atoms with Crippen molar-refractivity contribution in [1.82, 2.24) is 4.98 Å². The van der Waals surface area contributed by atoms with Crippen LogP contribution in [-0.4, -0.2) is 4.98 Å². The summed E-state index contributed by atoms with van der Waals surface area (Å²) in [6.45, 7) is 2.25. The van der Waals surface area contributed by atoms with Gasteiger partial charge in [0.15, 0.2) is 5.58 Å². The van der Waals surface area contributed by atoms with Crippen LogP contribution in [0.3, 0.4) is 0 Å². The van der Waals surface area contributed by atoms with Crippen molar-refractivity contribution in [2.45, 2.75) is 38.1 Å². The Kier molecular flexibility index (Phi) is 3.24. The highest BCUT2D eigenvalue weighted by Crippen LogP contribution is 2.39. The minimum absolute atomic E-state index is 0.471. The van der Waals surface area contributed by atoms with Crippen molar-refractivity contribution in [3.8, 4) is 0 Å². The van der Waals surface area contributed by atoms with E-state index in [-0.39, 0.29) is 0 Å². The molecule has 2 aromatic rings. The van der Waals surface area contributed by atoms with E-state index < -0.39 is 5.54 Å². The number of halogens is 2. The molecule has 1 aliphatic rings. The molecule has 0 aliphatic heterocycles. The number of benzene rings is 1. The monoisotopic (exact) mass is 298 g/mol. The normalized spacial score (nSPS) is 27.9. The molecular formula is C14H16Cl2N2O. The van der Waals surface area contributed by atoms with Gasteiger partial charge in [0.1, 0.15) is 5.52 Å². The fourth-order valence-electron chi connectivity index (χ4n) is 2.66. The summed E-state index contributed by atoms with van der Waals surface area (Å²) in [4.78, 5) is 4.49. The standard InChI is InChI=1S/C14H16Cl2N2O/c1-8-2-4-14(17,5-3-8)13-18-11-7-9(15)6-10(16)12(11)19-13/h6-8H,2-5,17H2,1H3. The lowest BCUT2D eigenvalue weighted by molar-refractivity contribution is 0.209. The van der Waals surface area contributed by atoms with Crippen molar-refractivity contribution >= 4 is 34.3 Å². The van der Waals surface area contributed by atoms with Gasteiger partial charge in [-0.05, 0) is 43.7 Å². The van der Waals surface area contributed by atoms with E-state index in [0.717, 1.165) is 31.6 Å². The molecule has 1 heterocycles. The van der Waals surface area contributed by atoms with Crippen molar-refractivity contribution in [2.75, 3.05) is 0 Å². The highest BCUT2D eigenvalue weighted by molar-refractivity contribution is 6.37. The first-order chi connectivity index (χ1) is 8.98. The molecule has 0 amide bonds. The molecule has 3 rings (SSSR count). The van der Waals surface area contributed by atoms with Gasteiger partial charge in [-0.25, -0.2) is 4.98 Å². The zero-order valence-corrected chi connectivity index (χ0v) is 12.3. The Morgan fingerprint density at radius 3 is 2.68 bits per heavy atom. The highest BCUT2D eigenvalue weighted by atomic mass is 35.5. The largest absolute Gasteiger partial charge is 0.437 e. The van der Waals surface area contributed by atoms with Crippen LogP contribution in [0.5, 0.6) is 0 Å². The molecule has 19 heavy (non-hydrogen) atoms. The summed E-state index contributed by atoms with van der Waals surface area (Å²) < 4.78 is 5.80. The quantitative estimate of drug-likeness (QED) is 0.843. The van der Waals surface area contributed by atoms with Crippen LogP contribution in [0.15, 0.2) is 16.5 Å². The lowest BCUT2D eigenvalue weighted by Gasteiger charge is -2.33. The maximum Gasteiger partial charge on any atom is 0.215 e. The molecule has 2 N–H and O–H groups in total. The third-order valence-electron chi connectivity index (χ3n) is 4.00. The Hall–Kier alpha value is -0.770. The van der Waals surface area contributed by atoms with Crippen LogP contribution >= 0.6 is 23.2 Å². The molecule has 0 radical (unpaired) electrons. The summed E-state index contributed by atoms with van der Waals surface area (Å²) in [6.07, 6.45) is 3.99. The van der Waals surface area contributed by atoms with Crippen LogP contribution in [-0.2, 0) is 5.54 Å². The summed E-state index contributed by atoms with van der Waals surface area (Å²) in [6, 6.07) is 3.41. The zero-order chi connectivity index (χ0) is 13.6. The zero-order valence-electron chi connectivity index (χ0n) is 10.7. The van der Waals surface area contributed by atoms with E-state index in [2.05, 4.69) is 11.9 Å². The van der Waals surface area contributed by atoms with Gasteiger partial charge in [0.25, 0.3) is 0 Å². The SMILES string of the molecule is CC1CCC(N)(c2nc3cc(Cl)cc(Cl)c3o2)CC1. The van der Waals surface area contributed by atoms with Crippen LogP contribution in [0.4, 0.5) is 0 Å². The van der Waals surface area contributed by atoms with E-state index in [1.807, 2.05) is 0 Å². The molecular weight excluding hydrogens is 283 g/mol. The molecule has 0 bridgehead atoms. The molecule has 1 saturated carbocycles. The van der Waals surface area contributed by atoms with Crippen LogP contribution in [0.2, 0.25) is 10.0 Å². The predicted molar refractivity (Wildman–Crippen MR) is 77.5 cm³/mol. The third kappa shape index (κ3) is 2.35. The first-order valence-electron chi connectivity index (χ1n) is 6.53. The van der Waals surface area contributed by atoms with Crippen molar-refractivity contribution in [2.24, 2.45) is 11.7 Å². The number of hydrogen-bond donors (Lipinski definition) is 1. The molecule has 1 aromatic carbocycles. The number of nitrogens with two attached hydrogens (primary N) is 1. The van der Waals surface area contributed by atoms with Crippen molar-refractivity contribution < 1.29 is 4.42 Å². The van der Waals surface area contributed by atoms with Crippen molar-refractivity contribution in [1.29, 1.82) is 0 Å². The molecule has 0 spiro atoms. The first kappa shape index (κ1) is 13.2. The van der Waals surface area contributed by atoms with Crippen LogP contribution < -0.4 is 5.73 Å². The highest BCUT2D eigenvalue weighted by Gasteiger charge is 2.36. The van der Waals surface area contributed by atoms with E-state index in [1.165, 1.54) is 0 Å². The smallest absolute Gasteiger partial charge is 0.215 e. The maximum atomic E-state index is 6.46. The van der Waals surface area contributed by atoms with Gasteiger partial charge in [-0.1, -0.05) is 30.1 Å². The maximum absolute atomic E-state index is 6.46. The summed E-state index contributed by atoms with van der Waals surface area (Å²) in [5.41, 5.74) is 7.24. The lowest BCUT2D eigenvalue weighted by Crippen LogP contribution is -2.40. The van der Waals surface area contributed by atoms with Crippen LogP contribution in [0, 0.1) is 5.92 Å². The van der Waals surface area contributed by atoms with Gasteiger partial charge in [0, 0.05) is 5.02 Å². The predicted octanol–water partition coefficient (Wildman–Crippen LogP) is 4.50. The average molecular weight is 299 g/mol. The molecule has 102 valence electrons. The topological polar surface area (TPSA) is 52.0 Å². The minimum Gasteiger partial charge on any atom is -0.437 e. The van der Waals surface area contributed by atoms with Crippen molar-refractivity contribution in [3.05, 3.63) is 28.1 Å². The number of hydrogen-bond acceptors (Lipinski definition) is 3. The number of fused-ring (bicyclic) bond motifs is 1. The molecule has 0 saturated heterocycles. The number of nitrogens with zero attached hydrogens (tertiary/aromatic N) is 1. The molecule has 0 unspecified atom stereocenters. The van der Waals surface area contributed by atoms with Gasteiger partial charge >= 0.3 is 0 Å². The Labute approximate surface area is 122 Å². The molecule has 1 aromatic heterocycles. The first-order valence-corrected chi connectivity index (χ1v) is 7.28. The van der Waals surface area contributed by atoms with Gasteiger partial charge in [-0.15, -0.1) is 0 Å². The van der Waals surface area contributed by atoms with E-state index in [0.29, 0.717) is 27.0 Å². The summed E-state index contributed by atoms with van der Waals surface area (Å²) in [5, 5.41) is 1.04. The third-order valence-corrected chi connectivity index (χ3v) is 4.50.